The number of hydrogen-bond acceptors (Lipinski definition) is 2. The van der Waals surface area contributed by atoms with Crippen LogP contribution in [0.3, 0.4) is 0 Å². The van der Waals surface area contributed by atoms with E-state index < -0.39 is 10.1 Å². The van der Waals surface area contributed by atoms with Crippen LogP contribution in [-0.4, -0.2) is 42.5 Å². The summed E-state index contributed by atoms with van der Waals surface area (Å²) >= 11 is 3.22. The van der Waals surface area contributed by atoms with Gasteiger partial charge in [-0.25, -0.2) is 0 Å². The van der Waals surface area contributed by atoms with E-state index in [0.717, 1.165) is 10.0 Å². The molecule has 0 fully saturated rings. The molecule has 3 nitrogen and oxygen atoms in total. The molecule has 67 valence electrons. The van der Waals surface area contributed by atoms with Gasteiger partial charge in [0, 0.05) is 34.0 Å². The van der Waals surface area contributed by atoms with E-state index in [4.69, 9.17) is 4.55 Å². The van der Waals surface area contributed by atoms with Crippen molar-refractivity contribution in [1.82, 2.24) is 0 Å². The third-order valence-electron chi connectivity index (χ3n) is 1.43. The second-order valence-corrected chi connectivity index (χ2v) is 4.66. The van der Waals surface area contributed by atoms with E-state index in [-0.39, 0.29) is 34.5 Å². The Morgan fingerprint density at radius 3 is 2.31 bits per heavy atom. The molecule has 1 N–H and O–H groups in total. The topological polar surface area (TPSA) is 54.4 Å². The molecule has 0 aromatic heterocycles. The fraction of sp³-hybridized carbons (Fsp3) is 0.143. The summed E-state index contributed by atoms with van der Waals surface area (Å²) in [5, 5.41) is 0. The van der Waals surface area contributed by atoms with Crippen molar-refractivity contribution in [3.8, 4) is 0 Å². The number of rotatable bonds is 1. The Bertz CT molecular complexity index is 402. The van der Waals surface area contributed by atoms with E-state index in [1.54, 1.807) is 13.0 Å². The minimum Gasteiger partial charge on any atom is -0.282 e. The van der Waals surface area contributed by atoms with Crippen LogP contribution in [0.15, 0.2) is 27.6 Å². The maximum atomic E-state index is 10.6. The van der Waals surface area contributed by atoms with E-state index >= 15 is 0 Å². The Morgan fingerprint density at radius 1 is 1.38 bits per heavy atom. The molecule has 0 aliphatic rings. The number of hydrogen-bond donors (Lipinski definition) is 1. The monoisotopic (exact) mass is 273 g/mol. The van der Waals surface area contributed by atoms with Crippen molar-refractivity contribution < 1.29 is 13.0 Å². The molecule has 0 spiro atoms. The van der Waals surface area contributed by atoms with Gasteiger partial charge in [0.1, 0.15) is 0 Å². The summed E-state index contributed by atoms with van der Waals surface area (Å²) in [5.41, 5.74) is 0.769. The van der Waals surface area contributed by atoms with Crippen LogP contribution < -0.4 is 0 Å². The Kier molecular flexibility index (Phi) is 5.14. The zero-order valence-electron chi connectivity index (χ0n) is 7.28. The molecule has 0 aliphatic heterocycles. The molecule has 13 heavy (non-hydrogen) atoms. The average molecular weight is 274 g/mol. The summed E-state index contributed by atoms with van der Waals surface area (Å²) in [6.07, 6.45) is 0. The molecule has 1 aromatic rings. The third kappa shape index (κ3) is 3.69. The predicted molar refractivity (Wildman–Crippen MR) is 54.4 cm³/mol. The van der Waals surface area contributed by atoms with Crippen LogP contribution in [0.1, 0.15) is 5.56 Å². The zero-order valence-corrected chi connectivity index (χ0v) is 11.7. The van der Waals surface area contributed by atoms with Gasteiger partial charge in [-0.1, -0.05) is 15.9 Å². The van der Waals surface area contributed by atoms with Crippen molar-refractivity contribution >= 4 is 55.6 Å². The first-order chi connectivity index (χ1) is 5.41. The summed E-state index contributed by atoms with van der Waals surface area (Å²) < 4.78 is 30.7. The van der Waals surface area contributed by atoms with Crippen LogP contribution in [-0.2, 0) is 10.1 Å². The van der Waals surface area contributed by atoms with E-state index in [9.17, 15) is 8.42 Å². The van der Waals surface area contributed by atoms with Gasteiger partial charge < -0.3 is 0 Å². The molecule has 1 aromatic carbocycles. The van der Waals surface area contributed by atoms with Gasteiger partial charge in [-0.05, 0) is 30.7 Å². The van der Waals surface area contributed by atoms with E-state index in [1.807, 2.05) is 0 Å². The van der Waals surface area contributed by atoms with E-state index in [0.29, 0.717) is 0 Å². The van der Waals surface area contributed by atoms with Gasteiger partial charge in [0.15, 0.2) is 0 Å². The quantitative estimate of drug-likeness (QED) is 0.625. The van der Waals surface area contributed by atoms with Crippen LogP contribution in [0.25, 0.3) is 0 Å². The fourth-order valence-corrected chi connectivity index (χ4v) is 1.59. The molecule has 0 bridgehead atoms. The smallest absolute Gasteiger partial charge is 0.282 e. The Balaban J connectivity index is 0.00000144. The SMILES string of the molecule is Cc1cc(S(=O)(=O)O)ccc1Br.[Na]. The summed E-state index contributed by atoms with van der Waals surface area (Å²) in [5.74, 6) is 0. The largest absolute Gasteiger partial charge is 0.294 e. The van der Waals surface area contributed by atoms with Crippen LogP contribution in [0.5, 0.6) is 0 Å². The van der Waals surface area contributed by atoms with Gasteiger partial charge >= 0.3 is 0 Å². The molecule has 1 radical (unpaired) electrons. The van der Waals surface area contributed by atoms with Crippen LogP contribution >= 0.6 is 15.9 Å². The van der Waals surface area contributed by atoms with Crippen molar-refractivity contribution in [2.75, 3.05) is 0 Å². The average Bonchev–Trinajstić information content (AvgIpc) is 1.92. The zero-order chi connectivity index (χ0) is 9.35. The summed E-state index contributed by atoms with van der Waals surface area (Å²) in [4.78, 5) is -0.0804. The molecule has 0 amide bonds. The Labute approximate surface area is 108 Å². The van der Waals surface area contributed by atoms with Crippen molar-refractivity contribution in [2.24, 2.45) is 0 Å². The van der Waals surface area contributed by atoms with Crippen LogP contribution in [0, 0.1) is 6.92 Å². The number of benzene rings is 1. The first-order valence-electron chi connectivity index (χ1n) is 3.15. The number of aryl methyl sites for hydroxylation is 1. The van der Waals surface area contributed by atoms with E-state index in [1.165, 1.54) is 12.1 Å². The summed E-state index contributed by atoms with van der Waals surface area (Å²) in [7, 11) is -4.06. The Hall–Kier alpha value is 0.610. The van der Waals surface area contributed by atoms with Gasteiger partial charge in [-0.2, -0.15) is 8.42 Å². The fourth-order valence-electron chi connectivity index (χ4n) is 0.778. The first-order valence-corrected chi connectivity index (χ1v) is 5.38. The van der Waals surface area contributed by atoms with Gasteiger partial charge in [-0.3, -0.25) is 4.55 Å². The minimum atomic E-state index is -4.06. The van der Waals surface area contributed by atoms with Gasteiger partial charge in [0.25, 0.3) is 10.1 Å². The summed E-state index contributed by atoms with van der Waals surface area (Å²) in [6, 6.07) is 4.32. The van der Waals surface area contributed by atoms with Crippen molar-refractivity contribution in [3.63, 3.8) is 0 Å². The molecule has 0 atom stereocenters. The molecular formula is C7H7BrNaO3S. The van der Waals surface area contributed by atoms with Crippen molar-refractivity contribution in [3.05, 3.63) is 28.2 Å². The van der Waals surface area contributed by atoms with Crippen molar-refractivity contribution in [2.45, 2.75) is 11.8 Å². The van der Waals surface area contributed by atoms with Gasteiger partial charge in [-0.15, -0.1) is 0 Å². The van der Waals surface area contributed by atoms with Crippen LogP contribution in [0.2, 0.25) is 0 Å². The normalized spacial score (nSPS) is 10.7. The van der Waals surface area contributed by atoms with Crippen molar-refractivity contribution in [1.29, 1.82) is 0 Å². The minimum absolute atomic E-state index is 0. The Morgan fingerprint density at radius 2 is 1.92 bits per heavy atom. The second kappa shape index (κ2) is 4.91. The second-order valence-electron chi connectivity index (χ2n) is 2.39. The molecule has 0 saturated carbocycles. The summed E-state index contributed by atoms with van der Waals surface area (Å²) in [6.45, 7) is 1.75. The molecule has 0 heterocycles. The maximum absolute atomic E-state index is 10.6. The number of halogens is 1. The van der Waals surface area contributed by atoms with Gasteiger partial charge in [0.05, 0.1) is 4.90 Å². The van der Waals surface area contributed by atoms with E-state index in [2.05, 4.69) is 15.9 Å². The molecule has 0 unspecified atom stereocenters. The molecular weight excluding hydrogens is 267 g/mol. The van der Waals surface area contributed by atoms with Gasteiger partial charge in [0.2, 0.25) is 0 Å². The van der Waals surface area contributed by atoms with Crippen LogP contribution in [0.4, 0.5) is 0 Å². The predicted octanol–water partition coefficient (Wildman–Crippen LogP) is 1.62. The maximum Gasteiger partial charge on any atom is 0.294 e. The molecule has 0 aliphatic carbocycles. The molecule has 0 saturated heterocycles. The third-order valence-corrected chi connectivity index (χ3v) is 3.17. The molecule has 6 heteroatoms. The molecule has 1 rings (SSSR count). The first kappa shape index (κ1) is 13.6. The standard InChI is InChI=1S/C7H7BrO3S.Na/c1-5-4-6(12(9,10)11)2-3-7(5)8;/h2-4H,1H3,(H,9,10,11);.